The first-order valence-electron chi connectivity index (χ1n) is 6.78. The molecule has 2 rings (SSSR count). The lowest BCUT2D eigenvalue weighted by atomic mass is 10.3. The van der Waals surface area contributed by atoms with E-state index in [2.05, 4.69) is 32.4 Å². The molecule has 2 heterocycles. The Morgan fingerprint density at radius 1 is 1.58 bits per heavy atom. The number of aromatic nitrogens is 2. The van der Waals surface area contributed by atoms with Crippen LogP contribution in [0.2, 0.25) is 0 Å². The zero-order chi connectivity index (χ0) is 13.7. The van der Waals surface area contributed by atoms with Gasteiger partial charge in [0.2, 0.25) is 11.9 Å². The van der Waals surface area contributed by atoms with E-state index in [1.807, 2.05) is 6.07 Å². The van der Waals surface area contributed by atoms with Crippen LogP contribution >= 0.6 is 0 Å². The topological polar surface area (TPSA) is 70.2 Å². The molecule has 19 heavy (non-hydrogen) atoms. The fraction of sp³-hybridized carbons (Fsp3) is 0.615. The van der Waals surface area contributed by atoms with Crippen molar-refractivity contribution in [1.82, 2.24) is 15.3 Å². The van der Waals surface area contributed by atoms with E-state index in [-0.39, 0.29) is 11.9 Å². The van der Waals surface area contributed by atoms with Crippen LogP contribution in [0, 0.1) is 0 Å². The molecule has 6 nitrogen and oxygen atoms in total. The number of hydrogen-bond donors (Lipinski definition) is 2. The van der Waals surface area contributed by atoms with Crippen molar-refractivity contribution in [3.05, 3.63) is 12.3 Å². The number of nitrogens with one attached hydrogen (secondary N) is 2. The van der Waals surface area contributed by atoms with Crippen LogP contribution in [-0.4, -0.2) is 41.6 Å². The maximum atomic E-state index is 11.0. The summed E-state index contributed by atoms with van der Waals surface area (Å²) >= 11 is 0. The van der Waals surface area contributed by atoms with Crippen LogP contribution in [-0.2, 0) is 4.79 Å². The molecule has 1 aliphatic rings. The van der Waals surface area contributed by atoms with Gasteiger partial charge in [0.15, 0.2) is 0 Å². The monoisotopic (exact) mass is 263 g/mol. The van der Waals surface area contributed by atoms with Crippen LogP contribution in [0.1, 0.15) is 26.7 Å². The fourth-order valence-corrected chi connectivity index (χ4v) is 2.22. The Kier molecular flexibility index (Phi) is 4.54. The Balaban J connectivity index is 1.96. The Bertz CT molecular complexity index is 437. The fourth-order valence-electron chi connectivity index (χ4n) is 2.22. The van der Waals surface area contributed by atoms with E-state index in [0.717, 1.165) is 38.3 Å². The molecule has 104 valence electrons. The van der Waals surface area contributed by atoms with Gasteiger partial charge in [0.25, 0.3) is 0 Å². The Hall–Kier alpha value is -1.85. The highest BCUT2D eigenvalue weighted by molar-refractivity contribution is 5.73. The summed E-state index contributed by atoms with van der Waals surface area (Å²) in [5.41, 5.74) is 0. The van der Waals surface area contributed by atoms with Gasteiger partial charge in [0, 0.05) is 38.8 Å². The Morgan fingerprint density at radius 2 is 2.42 bits per heavy atom. The van der Waals surface area contributed by atoms with Crippen LogP contribution < -0.4 is 15.5 Å². The molecule has 0 spiro atoms. The van der Waals surface area contributed by atoms with Crippen molar-refractivity contribution in [3.63, 3.8) is 0 Å². The van der Waals surface area contributed by atoms with Crippen LogP contribution in [0.25, 0.3) is 0 Å². The summed E-state index contributed by atoms with van der Waals surface area (Å²) in [5.74, 6) is 1.61. The molecule has 1 saturated heterocycles. The number of nitrogens with zero attached hydrogens (tertiary/aromatic N) is 3. The molecule has 1 aliphatic heterocycles. The highest BCUT2D eigenvalue weighted by atomic mass is 16.1. The average Bonchev–Trinajstić information content (AvgIpc) is 2.84. The number of anilines is 2. The highest BCUT2D eigenvalue weighted by Crippen LogP contribution is 2.18. The summed E-state index contributed by atoms with van der Waals surface area (Å²) < 4.78 is 0. The molecular weight excluding hydrogens is 242 g/mol. The first-order chi connectivity index (χ1) is 9.19. The summed E-state index contributed by atoms with van der Waals surface area (Å²) in [6, 6.07) is 2.13. The number of carbonyl (C=O) groups is 1. The minimum Gasteiger partial charge on any atom is -0.354 e. The molecule has 1 aromatic heterocycles. The van der Waals surface area contributed by atoms with Gasteiger partial charge in [0.05, 0.1) is 0 Å². The molecule has 0 radical (unpaired) electrons. The quantitative estimate of drug-likeness (QED) is 0.830. The summed E-state index contributed by atoms with van der Waals surface area (Å²) in [6.45, 7) is 6.26. The van der Waals surface area contributed by atoms with Gasteiger partial charge in [-0.15, -0.1) is 0 Å². The lowest BCUT2D eigenvalue weighted by molar-refractivity contribution is -0.119. The normalized spacial score (nSPS) is 18.4. The SMILES string of the molecule is CCCNc1nccc(N2CCC(NC(C)=O)C2)n1. The number of hydrogen-bond acceptors (Lipinski definition) is 5. The second-order valence-electron chi connectivity index (χ2n) is 4.80. The number of rotatable bonds is 5. The van der Waals surface area contributed by atoms with Gasteiger partial charge >= 0.3 is 0 Å². The van der Waals surface area contributed by atoms with Gasteiger partial charge in [-0.1, -0.05) is 6.92 Å². The first-order valence-corrected chi connectivity index (χ1v) is 6.78. The van der Waals surface area contributed by atoms with Crippen molar-refractivity contribution in [1.29, 1.82) is 0 Å². The van der Waals surface area contributed by atoms with Crippen molar-refractivity contribution in [2.24, 2.45) is 0 Å². The molecule has 1 atom stereocenters. The van der Waals surface area contributed by atoms with Gasteiger partial charge in [-0.2, -0.15) is 4.98 Å². The predicted molar refractivity (Wildman–Crippen MR) is 75.2 cm³/mol. The summed E-state index contributed by atoms with van der Waals surface area (Å²) in [6.07, 6.45) is 3.77. The van der Waals surface area contributed by atoms with E-state index in [0.29, 0.717) is 5.95 Å². The number of amides is 1. The molecule has 6 heteroatoms. The van der Waals surface area contributed by atoms with Gasteiger partial charge < -0.3 is 15.5 Å². The molecule has 1 amide bonds. The van der Waals surface area contributed by atoms with Crippen molar-refractivity contribution >= 4 is 17.7 Å². The summed E-state index contributed by atoms with van der Waals surface area (Å²) in [4.78, 5) is 21.9. The van der Waals surface area contributed by atoms with E-state index >= 15 is 0 Å². The highest BCUT2D eigenvalue weighted by Gasteiger charge is 2.24. The van der Waals surface area contributed by atoms with Gasteiger partial charge in [-0.25, -0.2) is 4.98 Å². The molecule has 0 aliphatic carbocycles. The molecule has 1 unspecified atom stereocenters. The average molecular weight is 263 g/mol. The lowest BCUT2D eigenvalue weighted by Gasteiger charge is -2.18. The second-order valence-corrected chi connectivity index (χ2v) is 4.80. The largest absolute Gasteiger partial charge is 0.354 e. The van der Waals surface area contributed by atoms with Crippen LogP contribution in [0.3, 0.4) is 0 Å². The second kappa shape index (κ2) is 6.36. The van der Waals surface area contributed by atoms with Crippen LogP contribution in [0.5, 0.6) is 0 Å². The van der Waals surface area contributed by atoms with Crippen molar-refractivity contribution in [3.8, 4) is 0 Å². The van der Waals surface area contributed by atoms with Crippen molar-refractivity contribution in [2.45, 2.75) is 32.7 Å². The molecule has 1 fully saturated rings. The first kappa shape index (κ1) is 13.6. The van der Waals surface area contributed by atoms with Crippen molar-refractivity contribution < 1.29 is 4.79 Å². The maximum Gasteiger partial charge on any atom is 0.224 e. The zero-order valence-corrected chi connectivity index (χ0v) is 11.5. The Morgan fingerprint density at radius 3 is 3.16 bits per heavy atom. The zero-order valence-electron chi connectivity index (χ0n) is 11.5. The third kappa shape index (κ3) is 3.81. The van der Waals surface area contributed by atoms with Crippen LogP contribution in [0.4, 0.5) is 11.8 Å². The molecule has 1 aromatic rings. The summed E-state index contributed by atoms with van der Waals surface area (Å²) in [5, 5.41) is 6.13. The third-order valence-corrected chi connectivity index (χ3v) is 3.09. The molecule has 2 N–H and O–H groups in total. The van der Waals surface area contributed by atoms with Crippen LogP contribution in [0.15, 0.2) is 12.3 Å². The van der Waals surface area contributed by atoms with E-state index in [1.165, 1.54) is 0 Å². The lowest BCUT2D eigenvalue weighted by Crippen LogP contribution is -2.35. The third-order valence-electron chi connectivity index (χ3n) is 3.09. The van der Waals surface area contributed by atoms with E-state index in [4.69, 9.17) is 0 Å². The Labute approximate surface area is 113 Å². The van der Waals surface area contributed by atoms with Gasteiger partial charge in [-0.3, -0.25) is 4.79 Å². The number of carbonyl (C=O) groups excluding carboxylic acids is 1. The van der Waals surface area contributed by atoms with Crippen molar-refractivity contribution in [2.75, 3.05) is 29.9 Å². The van der Waals surface area contributed by atoms with Gasteiger partial charge in [0.1, 0.15) is 5.82 Å². The molecular formula is C13H21N5O. The smallest absolute Gasteiger partial charge is 0.224 e. The maximum absolute atomic E-state index is 11.0. The van der Waals surface area contributed by atoms with E-state index in [9.17, 15) is 4.79 Å². The standard InChI is InChI=1S/C13H21N5O/c1-3-6-14-13-15-7-4-12(17-13)18-8-5-11(9-18)16-10(2)19/h4,7,11H,3,5-6,8-9H2,1-2H3,(H,16,19)(H,14,15,17). The molecule has 0 bridgehead atoms. The summed E-state index contributed by atoms with van der Waals surface area (Å²) in [7, 11) is 0. The molecule has 0 saturated carbocycles. The van der Waals surface area contributed by atoms with E-state index in [1.54, 1.807) is 13.1 Å². The minimum absolute atomic E-state index is 0.0276. The molecule has 0 aromatic carbocycles. The minimum atomic E-state index is 0.0276. The predicted octanol–water partition coefficient (Wildman–Crippen LogP) is 1.01. The van der Waals surface area contributed by atoms with Gasteiger partial charge in [-0.05, 0) is 18.9 Å². The van der Waals surface area contributed by atoms with E-state index < -0.39 is 0 Å².